The maximum atomic E-state index is 9.76. The van der Waals surface area contributed by atoms with E-state index in [0.29, 0.717) is 6.41 Å². The SMILES string of the molecule is O=CNC1=COC=CO1. The van der Waals surface area contributed by atoms with Gasteiger partial charge in [0.1, 0.15) is 12.5 Å². The van der Waals surface area contributed by atoms with Crippen molar-refractivity contribution < 1.29 is 14.3 Å². The van der Waals surface area contributed by atoms with Crippen molar-refractivity contribution in [1.82, 2.24) is 5.32 Å². The van der Waals surface area contributed by atoms with Gasteiger partial charge in [0, 0.05) is 0 Å². The van der Waals surface area contributed by atoms with Gasteiger partial charge in [0.15, 0.2) is 6.26 Å². The lowest BCUT2D eigenvalue weighted by molar-refractivity contribution is -0.109. The van der Waals surface area contributed by atoms with E-state index in [2.05, 4.69) is 10.1 Å². The van der Waals surface area contributed by atoms with Gasteiger partial charge in [-0.15, -0.1) is 0 Å². The topological polar surface area (TPSA) is 47.6 Å². The van der Waals surface area contributed by atoms with Crippen molar-refractivity contribution in [3.63, 3.8) is 0 Å². The monoisotopic (exact) mass is 127 g/mol. The Hall–Kier alpha value is -1.45. The summed E-state index contributed by atoms with van der Waals surface area (Å²) in [6.45, 7) is 0. The van der Waals surface area contributed by atoms with Crippen LogP contribution in [0, 0.1) is 0 Å². The average Bonchev–Trinajstić information content (AvgIpc) is 1.91. The summed E-state index contributed by atoms with van der Waals surface area (Å²) in [5.74, 6) is 0.285. The van der Waals surface area contributed by atoms with Crippen LogP contribution in [-0.4, -0.2) is 6.41 Å². The Morgan fingerprint density at radius 2 is 2.44 bits per heavy atom. The van der Waals surface area contributed by atoms with E-state index in [-0.39, 0.29) is 5.88 Å². The Morgan fingerprint density at radius 1 is 1.56 bits per heavy atom. The van der Waals surface area contributed by atoms with Gasteiger partial charge in [0.05, 0.1) is 0 Å². The van der Waals surface area contributed by atoms with E-state index >= 15 is 0 Å². The molecule has 0 bridgehead atoms. The van der Waals surface area contributed by atoms with E-state index in [1.807, 2.05) is 0 Å². The Balaban J connectivity index is 2.40. The second kappa shape index (κ2) is 2.76. The van der Waals surface area contributed by atoms with Gasteiger partial charge in [-0.25, -0.2) is 0 Å². The number of carbonyl (C=O) groups is 1. The van der Waals surface area contributed by atoms with Gasteiger partial charge in [-0.05, 0) is 0 Å². The molecular weight excluding hydrogens is 122 g/mol. The molecule has 4 nitrogen and oxygen atoms in total. The number of ether oxygens (including phenoxy) is 2. The predicted octanol–water partition coefficient (Wildman–Crippen LogP) is 0.0493. The average molecular weight is 127 g/mol. The molecule has 1 aliphatic heterocycles. The van der Waals surface area contributed by atoms with Crippen molar-refractivity contribution in [2.24, 2.45) is 0 Å². The van der Waals surface area contributed by atoms with Gasteiger partial charge >= 0.3 is 0 Å². The van der Waals surface area contributed by atoms with Crippen molar-refractivity contribution in [2.45, 2.75) is 0 Å². The molecule has 0 radical (unpaired) electrons. The van der Waals surface area contributed by atoms with Gasteiger partial charge in [-0.3, -0.25) is 10.1 Å². The van der Waals surface area contributed by atoms with Crippen LogP contribution in [0.5, 0.6) is 0 Å². The lowest BCUT2D eigenvalue weighted by atomic mass is 10.8. The lowest BCUT2D eigenvalue weighted by Gasteiger charge is -2.06. The Bertz CT molecular complexity index is 158. The van der Waals surface area contributed by atoms with Crippen LogP contribution in [0.15, 0.2) is 24.7 Å². The Kier molecular flexibility index (Phi) is 1.74. The molecule has 48 valence electrons. The normalized spacial score (nSPS) is 14.9. The van der Waals surface area contributed by atoms with Crippen LogP contribution in [-0.2, 0) is 14.3 Å². The minimum atomic E-state index is 0.285. The molecule has 0 atom stereocenters. The molecule has 1 aliphatic rings. The number of rotatable bonds is 2. The molecular formula is C5H5NO3. The van der Waals surface area contributed by atoms with E-state index in [9.17, 15) is 4.79 Å². The minimum absolute atomic E-state index is 0.285. The summed E-state index contributed by atoms with van der Waals surface area (Å²) in [5, 5.41) is 2.27. The first-order chi connectivity index (χ1) is 4.43. The Labute approximate surface area is 51.8 Å². The third kappa shape index (κ3) is 1.49. The van der Waals surface area contributed by atoms with Crippen LogP contribution < -0.4 is 5.32 Å². The lowest BCUT2D eigenvalue weighted by Crippen LogP contribution is -2.12. The third-order valence-electron chi connectivity index (χ3n) is 0.705. The first-order valence-corrected chi connectivity index (χ1v) is 2.31. The van der Waals surface area contributed by atoms with Crippen LogP contribution in [0.4, 0.5) is 0 Å². The van der Waals surface area contributed by atoms with Crippen LogP contribution in [0.3, 0.4) is 0 Å². The fourth-order valence-corrected chi connectivity index (χ4v) is 0.388. The van der Waals surface area contributed by atoms with Crippen molar-refractivity contribution in [3.05, 3.63) is 24.7 Å². The van der Waals surface area contributed by atoms with Crippen molar-refractivity contribution in [3.8, 4) is 0 Å². The summed E-state index contributed by atoms with van der Waals surface area (Å²) in [6.07, 6.45) is 4.48. The molecule has 1 heterocycles. The molecule has 0 aliphatic carbocycles. The maximum absolute atomic E-state index is 9.76. The van der Waals surface area contributed by atoms with Gasteiger partial charge < -0.3 is 9.47 Å². The standard InChI is InChI=1S/C5H5NO3/c7-4-6-5-3-8-1-2-9-5/h1-4H,(H,6,7). The van der Waals surface area contributed by atoms with E-state index in [4.69, 9.17) is 4.74 Å². The largest absolute Gasteiger partial charge is 0.464 e. The summed E-state index contributed by atoms with van der Waals surface area (Å²) in [6, 6.07) is 0. The van der Waals surface area contributed by atoms with E-state index in [1.54, 1.807) is 0 Å². The fourth-order valence-electron chi connectivity index (χ4n) is 0.388. The highest BCUT2D eigenvalue weighted by atomic mass is 16.5. The molecule has 0 saturated carbocycles. The first kappa shape index (κ1) is 5.68. The number of amides is 1. The van der Waals surface area contributed by atoms with E-state index in [0.717, 1.165) is 0 Å². The zero-order valence-corrected chi connectivity index (χ0v) is 4.53. The highest BCUT2D eigenvalue weighted by molar-refractivity contribution is 5.48. The van der Waals surface area contributed by atoms with Gasteiger partial charge in [-0.1, -0.05) is 0 Å². The number of nitrogens with one attached hydrogen (secondary N) is 1. The Morgan fingerprint density at radius 3 is 3.00 bits per heavy atom. The number of hydrogen-bond donors (Lipinski definition) is 1. The van der Waals surface area contributed by atoms with Gasteiger partial charge in [0.25, 0.3) is 0 Å². The fraction of sp³-hybridized carbons (Fsp3) is 0. The van der Waals surface area contributed by atoms with Crippen LogP contribution in [0.25, 0.3) is 0 Å². The van der Waals surface area contributed by atoms with Gasteiger partial charge in [-0.2, -0.15) is 0 Å². The quantitative estimate of drug-likeness (QED) is 0.533. The molecule has 1 rings (SSSR count). The maximum Gasteiger partial charge on any atom is 0.234 e. The van der Waals surface area contributed by atoms with E-state index in [1.165, 1.54) is 18.8 Å². The third-order valence-corrected chi connectivity index (χ3v) is 0.705. The van der Waals surface area contributed by atoms with Crippen LogP contribution in [0.2, 0.25) is 0 Å². The molecule has 0 aromatic carbocycles. The molecule has 1 N–H and O–H groups in total. The zero-order valence-electron chi connectivity index (χ0n) is 4.53. The van der Waals surface area contributed by atoms with Gasteiger partial charge in [0.2, 0.25) is 12.3 Å². The van der Waals surface area contributed by atoms with Crippen LogP contribution in [0.1, 0.15) is 0 Å². The van der Waals surface area contributed by atoms with Crippen molar-refractivity contribution >= 4 is 6.41 Å². The zero-order chi connectivity index (χ0) is 6.53. The molecule has 9 heavy (non-hydrogen) atoms. The second-order valence-corrected chi connectivity index (χ2v) is 1.27. The predicted molar refractivity (Wildman–Crippen MR) is 28.6 cm³/mol. The molecule has 0 spiro atoms. The van der Waals surface area contributed by atoms with Crippen molar-refractivity contribution in [2.75, 3.05) is 0 Å². The molecule has 1 amide bonds. The molecule has 0 fully saturated rings. The molecule has 4 heteroatoms. The summed E-state index contributed by atoms with van der Waals surface area (Å²) in [5.41, 5.74) is 0. The highest BCUT2D eigenvalue weighted by Gasteiger charge is 1.96. The summed E-state index contributed by atoms with van der Waals surface area (Å²) < 4.78 is 9.38. The smallest absolute Gasteiger partial charge is 0.234 e. The summed E-state index contributed by atoms with van der Waals surface area (Å²) >= 11 is 0. The molecule has 0 aromatic rings. The van der Waals surface area contributed by atoms with Crippen LogP contribution >= 0.6 is 0 Å². The first-order valence-electron chi connectivity index (χ1n) is 2.31. The van der Waals surface area contributed by atoms with Crippen molar-refractivity contribution in [1.29, 1.82) is 0 Å². The molecule has 0 aromatic heterocycles. The van der Waals surface area contributed by atoms with E-state index < -0.39 is 0 Å². The number of carbonyl (C=O) groups excluding carboxylic acids is 1. The highest BCUT2D eigenvalue weighted by Crippen LogP contribution is 1.99. The second-order valence-electron chi connectivity index (χ2n) is 1.27. The molecule has 0 saturated heterocycles. The summed E-state index contributed by atoms with van der Waals surface area (Å²) in [7, 11) is 0. The minimum Gasteiger partial charge on any atom is -0.464 e. The molecule has 0 unspecified atom stereocenters. The number of hydrogen-bond acceptors (Lipinski definition) is 3. The summed E-state index contributed by atoms with van der Waals surface area (Å²) in [4.78, 5) is 9.76.